The molecule has 87 heavy (non-hydrogen) atoms. The summed E-state index contributed by atoms with van der Waals surface area (Å²) < 4.78 is 0. The van der Waals surface area contributed by atoms with E-state index in [0.717, 1.165) is 4.90 Å². The first-order valence-electron chi connectivity index (χ1n) is 28.3. The number of nitrogens with two attached hydrogens (primary N) is 1. The van der Waals surface area contributed by atoms with E-state index < -0.39 is 194 Å². The number of benzene rings is 1. The molecule has 0 radical (unpaired) electrons. The van der Waals surface area contributed by atoms with Gasteiger partial charge in [-0.1, -0.05) is 52.7 Å². The summed E-state index contributed by atoms with van der Waals surface area (Å²) in [6.07, 6.45) is -3.81. The second-order valence-corrected chi connectivity index (χ2v) is 21.3. The van der Waals surface area contributed by atoms with Gasteiger partial charge in [0.2, 0.25) is 65.0 Å². The second-order valence-electron chi connectivity index (χ2n) is 21.3. The van der Waals surface area contributed by atoms with Crippen molar-refractivity contribution in [3.05, 3.63) is 29.8 Å². The van der Waals surface area contributed by atoms with Crippen LogP contribution >= 0.6 is 0 Å². The van der Waals surface area contributed by atoms with Gasteiger partial charge < -0.3 is 94.4 Å². The molecule has 18 N–H and O–H groups in total. The second kappa shape index (κ2) is 35.4. The molecule has 2 aliphatic heterocycles. The predicted molar refractivity (Wildman–Crippen MR) is 299 cm³/mol. The fraction of sp³-hybridized carbons (Fsp3) is 0.611. The van der Waals surface area contributed by atoms with Gasteiger partial charge in [-0.3, -0.25) is 67.1 Å². The molecule has 2 aliphatic rings. The van der Waals surface area contributed by atoms with Gasteiger partial charge in [0.05, 0.1) is 38.5 Å². The summed E-state index contributed by atoms with van der Waals surface area (Å²) in [5.74, 6) is -19.9. The van der Waals surface area contributed by atoms with Gasteiger partial charge in [-0.05, 0) is 68.1 Å². The quantitative estimate of drug-likeness (QED) is 0.0829. The topological polar surface area (TPSA) is 527 Å². The average Bonchev–Trinajstić information content (AvgIpc) is 2.79. The molecule has 12 atom stereocenters. The van der Waals surface area contributed by atoms with Crippen LogP contribution in [0.3, 0.4) is 0 Å². The van der Waals surface area contributed by atoms with Crippen LogP contribution in [0.25, 0.3) is 0 Å². The van der Waals surface area contributed by atoms with Crippen molar-refractivity contribution in [2.75, 3.05) is 26.2 Å². The average molecular weight is 1230 g/mol. The normalized spacial score (nSPS) is 26.5. The number of phenols is 1. The molecule has 0 aromatic heterocycles. The molecule has 3 rings (SSSR count). The molecular formula is C54H80N12O21. The smallest absolute Gasteiger partial charge is 0.326 e. The third kappa shape index (κ3) is 23.8. The molecule has 1 aromatic carbocycles. The molecule has 33 nitrogen and oxygen atoms in total. The Morgan fingerprint density at radius 1 is 0.552 bits per heavy atom. The maximum absolute atomic E-state index is 14.3. The first-order valence-corrected chi connectivity index (χ1v) is 28.3. The Labute approximate surface area is 499 Å². The Kier molecular flexibility index (Phi) is 29.4. The number of aliphatic carboxylic acids is 4. The fourth-order valence-corrected chi connectivity index (χ4v) is 9.17. The number of fused-ring (bicyclic) bond motifs is 1. The van der Waals surface area contributed by atoms with Crippen molar-refractivity contribution in [2.45, 2.75) is 172 Å². The van der Waals surface area contributed by atoms with Crippen molar-refractivity contribution >= 4 is 88.9 Å². The maximum Gasteiger partial charge on any atom is 0.326 e. The van der Waals surface area contributed by atoms with Crippen LogP contribution in [0.2, 0.25) is 0 Å². The lowest BCUT2D eigenvalue weighted by molar-refractivity contribution is -0.146. The van der Waals surface area contributed by atoms with E-state index >= 15 is 0 Å². The molecule has 0 bridgehead atoms. The number of carbonyl (C=O) groups excluding carboxylic acids is 11. The van der Waals surface area contributed by atoms with E-state index in [2.05, 4.69) is 53.2 Å². The number of hydrogen-bond donors (Lipinski definition) is 17. The van der Waals surface area contributed by atoms with Crippen LogP contribution in [0.4, 0.5) is 0 Å². The number of phenolic OH excluding ortho intramolecular Hbond substituents is 1. The van der Waals surface area contributed by atoms with Gasteiger partial charge in [0.1, 0.15) is 60.1 Å². The minimum atomic E-state index is -2.04. The van der Waals surface area contributed by atoms with Gasteiger partial charge in [0.15, 0.2) is 0 Å². The van der Waals surface area contributed by atoms with Crippen molar-refractivity contribution in [1.29, 1.82) is 0 Å². The Balaban J connectivity index is 2.04. The van der Waals surface area contributed by atoms with Crippen molar-refractivity contribution in [1.82, 2.24) is 58.1 Å². The molecule has 0 saturated carbocycles. The third-order valence-electron chi connectivity index (χ3n) is 14.6. The van der Waals surface area contributed by atoms with E-state index in [1.165, 1.54) is 31.2 Å². The molecule has 1 aromatic rings. The summed E-state index contributed by atoms with van der Waals surface area (Å²) in [6.45, 7) is 4.12. The number of carboxylic acids is 4. The van der Waals surface area contributed by atoms with Crippen LogP contribution in [-0.4, -0.2) is 211 Å². The fourth-order valence-electron chi connectivity index (χ4n) is 9.17. The number of rotatable bonds is 14. The first kappa shape index (κ1) is 72.2. The van der Waals surface area contributed by atoms with E-state index in [4.69, 9.17) is 5.73 Å². The van der Waals surface area contributed by atoms with Gasteiger partial charge >= 0.3 is 23.9 Å². The number of nitrogens with zero attached hydrogens (tertiary/aromatic N) is 1. The summed E-state index contributed by atoms with van der Waals surface area (Å²) in [7, 11) is 0. The molecule has 0 aliphatic carbocycles. The number of nitrogens with one attached hydrogen (secondary N) is 10. The molecule has 2 saturated heterocycles. The molecular weight excluding hydrogens is 1150 g/mol. The van der Waals surface area contributed by atoms with Crippen molar-refractivity contribution in [3.63, 3.8) is 0 Å². The number of aromatic hydroxyl groups is 1. The van der Waals surface area contributed by atoms with Crippen molar-refractivity contribution in [2.24, 2.45) is 17.6 Å². The number of aliphatic hydroxyl groups is 1. The summed E-state index contributed by atoms with van der Waals surface area (Å²) in [6, 6.07) is -11.5. The Hall–Kier alpha value is -9.01. The number of amides is 11. The van der Waals surface area contributed by atoms with Crippen molar-refractivity contribution in [3.8, 4) is 5.75 Å². The van der Waals surface area contributed by atoms with Crippen LogP contribution in [0, 0.1) is 11.8 Å². The molecule has 0 spiro atoms. The molecule has 482 valence electrons. The number of carbonyl (C=O) groups is 15. The van der Waals surface area contributed by atoms with Crippen LogP contribution in [-0.2, 0) is 78.3 Å². The standard InChI is InChI=1S/C54H80N12O21/c1-5-26(3)43-51(83)59-31(54(86)87)10-7-8-18-56-38(69)17-16-30(55)45(77)63-36(25-67)49(81)65-44(27(4)6-2)52(84)61-32(20-28-12-14-29(68)15-13-28)46(78)62-35(23-42(75)76)53(85)66-19-9-11-37(66)50(82)57-24-39(70)58-33(21-40(71)72)47(79)60-34(22-41(73)74)48(80)64-43/h12-15,26-27,30-37,43-44,67-68H,5-11,16-25,55H2,1-4H3,(H,56,69)(H,57,82)(H,58,70)(H,59,83)(H,60,79)(H,61,84)(H,62,78)(H,63,77)(H,64,80)(H,65,81)(H,71,72)(H,73,74)(H,75,76)(H,86,87). The maximum atomic E-state index is 14.3. The number of carboxylic acid groups (broad SMARTS) is 4. The Morgan fingerprint density at radius 3 is 1.60 bits per heavy atom. The lowest BCUT2D eigenvalue weighted by atomic mass is 9.96. The summed E-state index contributed by atoms with van der Waals surface area (Å²) in [4.78, 5) is 200. The highest BCUT2D eigenvalue weighted by atomic mass is 16.4. The number of hydrogen-bond acceptors (Lipinski definition) is 18. The highest BCUT2D eigenvalue weighted by Gasteiger charge is 2.41. The third-order valence-corrected chi connectivity index (χ3v) is 14.6. The monoisotopic (exact) mass is 1230 g/mol. The lowest BCUT2D eigenvalue weighted by Crippen LogP contribution is -2.61. The molecule has 11 amide bonds. The van der Waals surface area contributed by atoms with Crippen LogP contribution in [0.1, 0.15) is 110 Å². The van der Waals surface area contributed by atoms with Gasteiger partial charge in [0, 0.05) is 25.9 Å². The minimum absolute atomic E-state index is 0.0135. The molecule has 2 heterocycles. The number of aliphatic hydroxyl groups excluding tert-OH is 1. The highest BCUT2D eigenvalue weighted by Crippen LogP contribution is 2.21. The van der Waals surface area contributed by atoms with Crippen LogP contribution < -0.4 is 58.9 Å². The van der Waals surface area contributed by atoms with Crippen LogP contribution in [0.5, 0.6) is 5.75 Å². The van der Waals surface area contributed by atoms with E-state index in [-0.39, 0.29) is 83.0 Å². The molecule has 33 heteroatoms. The summed E-state index contributed by atoms with van der Waals surface area (Å²) >= 11 is 0. The minimum Gasteiger partial charge on any atom is -0.508 e. The van der Waals surface area contributed by atoms with Crippen molar-refractivity contribution < 1.29 is 103 Å². The zero-order valence-corrected chi connectivity index (χ0v) is 48.6. The molecule has 2 fully saturated rings. The predicted octanol–water partition coefficient (Wildman–Crippen LogP) is -5.08. The van der Waals surface area contributed by atoms with E-state index in [1.54, 1.807) is 20.8 Å². The van der Waals surface area contributed by atoms with Gasteiger partial charge in [-0.25, -0.2) is 4.79 Å². The Bertz CT molecular complexity index is 2680. The van der Waals surface area contributed by atoms with E-state index in [9.17, 15) is 103 Å². The summed E-state index contributed by atoms with van der Waals surface area (Å²) in [5, 5.41) is 82.7. The Morgan fingerprint density at radius 2 is 1.05 bits per heavy atom. The SMILES string of the molecule is CCC(C)C1NC(=O)C(CC(=O)O)NC(=O)C(CC(=O)O)NC(=O)CNC(=O)C2CCCN2C(=O)C(CC(=O)O)NC(=O)C(Cc2ccc(O)cc2)NC(=O)C(C(C)CC)NC(=O)C(CO)NC(=O)C(N)CCC(=O)NCCCCC(C(=O)O)NC1=O. The summed E-state index contributed by atoms with van der Waals surface area (Å²) in [5.41, 5.74) is 6.37. The highest BCUT2D eigenvalue weighted by molar-refractivity contribution is 6.00. The first-order chi connectivity index (χ1) is 41.0. The zero-order chi connectivity index (χ0) is 65.2. The lowest BCUT2D eigenvalue weighted by Gasteiger charge is -2.30. The van der Waals surface area contributed by atoms with E-state index in [1.807, 2.05) is 0 Å². The van der Waals surface area contributed by atoms with Gasteiger partial charge in [-0.15, -0.1) is 0 Å². The van der Waals surface area contributed by atoms with Gasteiger partial charge in [-0.2, -0.15) is 0 Å². The largest absolute Gasteiger partial charge is 0.508 e. The van der Waals surface area contributed by atoms with Gasteiger partial charge in [0.25, 0.3) is 0 Å². The molecule has 12 unspecified atom stereocenters. The van der Waals surface area contributed by atoms with Crippen LogP contribution in [0.15, 0.2) is 24.3 Å². The zero-order valence-electron chi connectivity index (χ0n) is 48.6. The van der Waals surface area contributed by atoms with E-state index in [0.29, 0.717) is 5.56 Å².